The largest absolute Gasteiger partial charge is 0.494 e. The molecule has 1 aliphatic rings. The molecule has 0 aliphatic carbocycles. The number of carbonyl (C=O) groups is 1. The second kappa shape index (κ2) is 7.46. The lowest BCUT2D eigenvalue weighted by atomic mass is 10.1. The molecule has 1 N–H and O–H groups in total. The molecular weight excluding hydrogens is 264 g/mol. The van der Waals surface area contributed by atoms with Crippen molar-refractivity contribution in [1.82, 2.24) is 10.2 Å². The minimum atomic E-state index is -0.0139. The third-order valence-corrected chi connectivity index (χ3v) is 3.97. The standard InChI is InChI=1S/C17H26N2O2/c1-4-6-7-13(3)19-16(20)12-18-17(19)14-8-10-15(11-9-14)21-5-2/h8-11,13,17-18H,4-7,12H2,1-3H3. The van der Waals surface area contributed by atoms with Crippen molar-refractivity contribution in [3.8, 4) is 5.75 Å². The Morgan fingerprint density at radius 2 is 2.05 bits per heavy atom. The van der Waals surface area contributed by atoms with Gasteiger partial charge in [0.25, 0.3) is 0 Å². The number of hydrogen-bond donors (Lipinski definition) is 1. The van der Waals surface area contributed by atoms with Gasteiger partial charge in [-0.1, -0.05) is 31.9 Å². The monoisotopic (exact) mass is 290 g/mol. The van der Waals surface area contributed by atoms with E-state index >= 15 is 0 Å². The third-order valence-electron chi connectivity index (χ3n) is 3.97. The number of hydrogen-bond acceptors (Lipinski definition) is 3. The van der Waals surface area contributed by atoms with Gasteiger partial charge in [0.2, 0.25) is 5.91 Å². The first-order valence-electron chi connectivity index (χ1n) is 7.94. The van der Waals surface area contributed by atoms with Gasteiger partial charge in [-0.15, -0.1) is 0 Å². The number of carbonyl (C=O) groups excluding carboxylic acids is 1. The summed E-state index contributed by atoms with van der Waals surface area (Å²) in [4.78, 5) is 14.2. The summed E-state index contributed by atoms with van der Waals surface area (Å²) in [6.45, 7) is 7.39. The summed E-state index contributed by atoms with van der Waals surface area (Å²) < 4.78 is 5.47. The van der Waals surface area contributed by atoms with E-state index in [0.717, 1.165) is 30.6 Å². The van der Waals surface area contributed by atoms with Gasteiger partial charge >= 0.3 is 0 Å². The van der Waals surface area contributed by atoms with Crippen LogP contribution in [0.1, 0.15) is 51.8 Å². The Balaban J connectivity index is 2.11. The van der Waals surface area contributed by atoms with Crippen molar-refractivity contribution in [2.24, 2.45) is 0 Å². The molecule has 1 saturated heterocycles. The van der Waals surface area contributed by atoms with E-state index in [9.17, 15) is 4.79 Å². The van der Waals surface area contributed by atoms with E-state index in [2.05, 4.69) is 19.2 Å². The normalized spacial score (nSPS) is 19.9. The zero-order valence-electron chi connectivity index (χ0n) is 13.3. The molecule has 1 amide bonds. The van der Waals surface area contributed by atoms with E-state index in [0.29, 0.717) is 13.2 Å². The van der Waals surface area contributed by atoms with Crippen LogP contribution in [0.5, 0.6) is 5.75 Å². The summed E-state index contributed by atoms with van der Waals surface area (Å²) in [6.07, 6.45) is 3.35. The van der Waals surface area contributed by atoms with Gasteiger partial charge in [-0.25, -0.2) is 0 Å². The van der Waals surface area contributed by atoms with Crippen LogP contribution in [0.25, 0.3) is 0 Å². The molecule has 1 fully saturated rings. The van der Waals surface area contributed by atoms with Crippen molar-refractivity contribution in [3.63, 3.8) is 0 Å². The molecule has 0 saturated carbocycles. The molecule has 2 atom stereocenters. The molecule has 2 rings (SSSR count). The van der Waals surface area contributed by atoms with E-state index < -0.39 is 0 Å². The van der Waals surface area contributed by atoms with Crippen molar-refractivity contribution in [2.75, 3.05) is 13.2 Å². The Hall–Kier alpha value is -1.55. The minimum Gasteiger partial charge on any atom is -0.494 e. The second-order valence-electron chi connectivity index (χ2n) is 5.58. The maximum atomic E-state index is 12.2. The summed E-state index contributed by atoms with van der Waals surface area (Å²) in [6, 6.07) is 8.29. The van der Waals surface area contributed by atoms with Crippen LogP contribution in [0.15, 0.2) is 24.3 Å². The van der Waals surface area contributed by atoms with Gasteiger partial charge in [-0.2, -0.15) is 0 Å². The SMILES string of the molecule is CCCCC(C)N1C(=O)CNC1c1ccc(OCC)cc1. The maximum absolute atomic E-state index is 12.2. The molecule has 1 aromatic carbocycles. The fourth-order valence-electron chi connectivity index (χ4n) is 2.85. The van der Waals surface area contributed by atoms with Crippen LogP contribution >= 0.6 is 0 Å². The van der Waals surface area contributed by atoms with Gasteiger partial charge < -0.3 is 9.64 Å². The van der Waals surface area contributed by atoms with Gasteiger partial charge in [0.1, 0.15) is 11.9 Å². The number of unbranched alkanes of at least 4 members (excludes halogenated alkanes) is 1. The van der Waals surface area contributed by atoms with E-state index in [-0.39, 0.29) is 18.1 Å². The molecule has 2 unspecified atom stereocenters. The van der Waals surface area contributed by atoms with Gasteiger partial charge in [0.15, 0.2) is 0 Å². The Labute approximate surface area is 127 Å². The topological polar surface area (TPSA) is 41.6 Å². The summed E-state index contributed by atoms with van der Waals surface area (Å²) in [5, 5.41) is 3.32. The number of rotatable bonds is 7. The zero-order valence-corrected chi connectivity index (χ0v) is 13.3. The maximum Gasteiger partial charge on any atom is 0.238 e. The Morgan fingerprint density at radius 1 is 1.33 bits per heavy atom. The molecule has 1 heterocycles. The molecule has 0 radical (unpaired) electrons. The highest BCUT2D eigenvalue weighted by atomic mass is 16.5. The fraction of sp³-hybridized carbons (Fsp3) is 0.588. The van der Waals surface area contributed by atoms with Crippen LogP contribution in [0, 0.1) is 0 Å². The first-order chi connectivity index (χ1) is 10.2. The molecule has 116 valence electrons. The summed E-state index contributed by atoms with van der Waals surface area (Å²) >= 11 is 0. The Bertz CT molecular complexity index is 458. The first kappa shape index (κ1) is 15.8. The third kappa shape index (κ3) is 3.76. The highest BCUT2D eigenvalue weighted by Gasteiger charge is 2.34. The smallest absolute Gasteiger partial charge is 0.238 e. The molecule has 0 bridgehead atoms. The van der Waals surface area contributed by atoms with E-state index in [1.807, 2.05) is 36.1 Å². The van der Waals surface area contributed by atoms with Crippen LogP contribution < -0.4 is 10.1 Å². The lowest BCUT2D eigenvalue weighted by Gasteiger charge is -2.31. The van der Waals surface area contributed by atoms with Crippen LogP contribution in [-0.4, -0.2) is 30.0 Å². The first-order valence-corrected chi connectivity index (χ1v) is 7.94. The molecular formula is C17H26N2O2. The van der Waals surface area contributed by atoms with Gasteiger partial charge in [0, 0.05) is 6.04 Å². The van der Waals surface area contributed by atoms with E-state index in [1.165, 1.54) is 0 Å². The van der Waals surface area contributed by atoms with Crippen molar-refractivity contribution >= 4 is 5.91 Å². The fourth-order valence-corrected chi connectivity index (χ4v) is 2.85. The van der Waals surface area contributed by atoms with Gasteiger partial charge in [0.05, 0.1) is 13.2 Å². The predicted molar refractivity (Wildman–Crippen MR) is 84.2 cm³/mol. The average Bonchev–Trinajstić information content (AvgIpc) is 2.88. The van der Waals surface area contributed by atoms with Crippen molar-refractivity contribution in [2.45, 2.75) is 52.2 Å². The van der Waals surface area contributed by atoms with Crippen LogP contribution in [0.4, 0.5) is 0 Å². The summed E-state index contributed by atoms with van der Waals surface area (Å²) in [5.74, 6) is 1.06. The van der Waals surface area contributed by atoms with Crippen molar-refractivity contribution in [3.05, 3.63) is 29.8 Å². The minimum absolute atomic E-state index is 0.0139. The lowest BCUT2D eigenvalue weighted by molar-refractivity contribution is -0.130. The molecule has 4 heteroatoms. The zero-order chi connectivity index (χ0) is 15.2. The molecule has 21 heavy (non-hydrogen) atoms. The lowest BCUT2D eigenvalue weighted by Crippen LogP contribution is -2.37. The summed E-state index contributed by atoms with van der Waals surface area (Å²) in [5.41, 5.74) is 1.12. The van der Waals surface area contributed by atoms with Gasteiger partial charge in [-0.3, -0.25) is 10.1 Å². The Morgan fingerprint density at radius 3 is 2.67 bits per heavy atom. The van der Waals surface area contributed by atoms with Gasteiger partial charge in [-0.05, 0) is 38.0 Å². The molecule has 4 nitrogen and oxygen atoms in total. The van der Waals surface area contributed by atoms with Crippen LogP contribution in [0.2, 0.25) is 0 Å². The van der Waals surface area contributed by atoms with Crippen LogP contribution in [0.3, 0.4) is 0 Å². The summed E-state index contributed by atoms with van der Waals surface area (Å²) in [7, 11) is 0. The highest BCUT2D eigenvalue weighted by Crippen LogP contribution is 2.27. The number of amides is 1. The predicted octanol–water partition coefficient (Wildman–Crippen LogP) is 3.09. The number of benzene rings is 1. The van der Waals surface area contributed by atoms with Crippen LogP contribution in [-0.2, 0) is 4.79 Å². The van der Waals surface area contributed by atoms with Crippen molar-refractivity contribution in [1.29, 1.82) is 0 Å². The highest BCUT2D eigenvalue weighted by molar-refractivity contribution is 5.81. The number of ether oxygens (including phenoxy) is 1. The molecule has 1 aromatic rings. The second-order valence-corrected chi connectivity index (χ2v) is 5.58. The van der Waals surface area contributed by atoms with E-state index in [4.69, 9.17) is 4.74 Å². The number of nitrogens with zero attached hydrogens (tertiary/aromatic N) is 1. The van der Waals surface area contributed by atoms with E-state index in [1.54, 1.807) is 0 Å². The Kier molecular flexibility index (Phi) is 5.62. The number of nitrogens with one attached hydrogen (secondary N) is 1. The quantitative estimate of drug-likeness (QED) is 0.839. The molecule has 0 aromatic heterocycles. The average molecular weight is 290 g/mol. The van der Waals surface area contributed by atoms with Crippen molar-refractivity contribution < 1.29 is 9.53 Å². The molecule has 1 aliphatic heterocycles. The molecule has 0 spiro atoms.